The number of ether oxygens (including phenoxy) is 1. The maximum absolute atomic E-state index is 12.0. The lowest BCUT2D eigenvalue weighted by Crippen LogP contribution is -2.39. The molecule has 1 amide bonds. The number of hydrogen-bond donors (Lipinski definition) is 2. The molecule has 1 aliphatic heterocycles. The number of benzene rings is 2. The Hall–Kier alpha value is -1.49. The first-order valence-corrected chi connectivity index (χ1v) is 8.39. The van der Waals surface area contributed by atoms with Gasteiger partial charge in [-0.1, -0.05) is 35.9 Å². The van der Waals surface area contributed by atoms with Crippen LogP contribution in [0.15, 0.2) is 36.4 Å². The predicted molar refractivity (Wildman–Crippen MR) is 100 cm³/mol. The van der Waals surface area contributed by atoms with Gasteiger partial charge in [0.25, 0.3) is 5.91 Å². The molecule has 1 fully saturated rings. The number of halogens is 2. The fourth-order valence-corrected chi connectivity index (χ4v) is 3.14. The fourth-order valence-electron chi connectivity index (χ4n) is 2.91. The molecule has 1 saturated heterocycles. The Morgan fingerprint density at radius 2 is 2.04 bits per heavy atom. The zero-order valence-corrected chi connectivity index (χ0v) is 15.0. The first-order valence-electron chi connectivity index (χ1n) is 8.01. The molecule has 1 aliphatic rings. The van der Waals surface area contributed by atoms with E-state index in [1.807, 2.05) is 30.3 Å². The summed E-state index contributed by atoms with van der Waals surface area (Å²) >= 11 is 6.19. The summed E-state index contributed by atoms with van der Waals surface area (Å²) in [5, 5.41) is 8.83. The van der Waals surface area contributed by atoms with Gasteiger partial charge in [0.1, 0.15) is 5.75 Å². The first kappa shape index (κ1) is 18.8. The highest BCUT2D eigenvalue weighted by atomic mass is 35.5. The van der Waals surface area contributed by atoms with Crippen molar-refractivity contribution in [1.82, 2.24) is 10.6 Å². The monoisotopic (exact) mass is 368 g/mol. The van der Waals surface area contributed by atoms with Crippen molar-refractivity contribution in [2.24, 2.45) is 5.92 Å². The van der Waals surface area contributed by atoms with E-state index in [2.05, 4.69) is 10.6 Å². The SMILES string of the molecule is Cl.O=C(COc1ccc(Cl)c2ccccc12)NCC1CCCNC1. The summed E-state index contributed by atoms with van der Waals surface area (Å²) in [7, 11) is 0. The molecule has 0 aromatic heterocycles. The largest absolute Gasteiger partial charge is 0.483 e. The number of nitrogens with one attached hydrogen (secondary N) is 2. The Bertz CT molecular complexity index is 688. The molecule has 2 aromatic carbocycles. The Labute approximate surface area is 153 Å². The fraction of sp³-hybridized carbons (Fsp3) is 0.389. The second-order valence-corrected chi connectivity index (χ2v) is 6.30. The molecule has 1 unspecified atom stereocenters. The van der Waals surface area contributed by atoms with E-state index in [1.54, 1.807) is 6.07 Å². The minimum absolute atomic E-state index is 0. The Morgan fingerprint density at radius 3 is 2.79 bits per heavy atom. The molecule has 1 heterocycles. The molecular weight excluding hydrogens is 347 g/mol. The van der Waals surface area contributed by atoms with Crippen LogP contribution in [0.2, 0.25) is 5.02 Å². The number of amides is 1. The lowest BCUT2D eigenvalue weighted by atomic mass is 10.00. The van der Waals surface area contributed by atoms with E-state index in [4.69, 9.17) is 16.3 Å². The molecule has 0 saturated carbocycles. The summed E-state index contributed by atoms with van der Waals surface area (Å²) in [5.41, 5.74) is 0. The lowest BCUT2D eigenvalue weighted by Gasteiger charge is -2.22. The Balaban J connectivity index is 0.00000208. The van der Waals surface area contributed by atoms with Crippen molar-refractivity contribution in [2.75, 3.05) is 26.2 Å². The molecule has 2 N–H and O–H groups in total. The van der Waals surface area contributed by atoms with Crippen LogP contribution < -0.4 is 15.4 Å². The van der Waals surface area contributed by atoms with E-state index in [1.165, 1.54) is 6.42 Å². The number of hydrogen-bond acceptors (Lipinski definition) is 3. The number of carbonyl (C=O) groups excluding carboxylic acids is 1. The Kier molecular flexibility index (Phi) is 7.16. The van der Waals surface area contributed by atoms with Crippen molar-refractivity contribution in [1.29, 1.82) is 0 Å². The van der Waals surface area contributed by atoms with Crippen LogP contribution in [0.1, 0.15) is 12.8 Å². The maximum Gasteiger partial charge on any atom is 0.257 e. The average molecular weight is 369 g/mol. The van der Waals surface area contributed by atoms with E-state index < -0.39 is 0 Å². The van der Waals surface area contributed by atoms with Gasteiger partial charge < -0.3 is 15.4 Å². The van der Waals surface area contributed by atoms with E-state index in [-0.39, 0.29) is 24.9 Å². The highest BCUT2D eigenvalue weighted by Crippen LogP contribution is 2.31. The summed E-state index contributed by atoms with van der Waals surface area (Å²) in [6.07, 6.45) is 2.34. The van der Waals surface area contributed by atoms with Crippen molar-refractivity contribution in [2.45, 2.75) is 12.8 Å². The molecule has 0 bridgehead atoms. The third-order valence-electron chi connectivity index (χ3n) is 4.18. The van der Waals surface area contributed by atoms with Crippen LogP contribution in [0.4, 0.5) is 0 Å². The van der Waals surface area contributed by atoms with Crippen molar-refractivity contribution >= 4 is 40.7 Å². The number of carbonyl (C=O) groups is 1. The van der Waals surface area contributed by atoms with E-state index in [0.29, 0.717) is 23.2 Å². The second kappa shape index (κ2) is 9.11. The van der Waals surface area contributed by atoms with Crippen LogP contribution in [0, 0.1) is 5.92 Å². The van der Waals surface area contributed by atoms with Gasteiger partial charge >= 0.3 is 0 Å². The van der Waals surface area contributed by atoms with Crippen LogP contribution in [0.25, 0.3) is 10.8 Å². The average Bonchev–Trinajstić information content (AvgIpc) is 2.60. The van der Waals surface area contributed by atoms with Gasteiger partial charge in [0, 0.05) is 22.3 Å². The normalized spacial score (nSPS) is 17.1. The smallest absolute Gasteiger partial charge is 0.257 e. The van der Waals surface area contributed by atoms with Crippen molar-refractivity contribution in [3.63, 3.8) is 0 Å². The minimum Gasteiger partial charge on any atom is -0.483 e. The summed E-state index contributed by atoms with van der Waals surface area (Å²) < 4.78 is 5.69. The third-order valence-corrected chi connectivity index (χ3v) is 4.51. The highest BCUT2D eigenvalue weighted by Gasteiger charge is 2.14. The van der Waals surface area contributed by atoms with Gasteiger partial charge in [-0.05, 0) is 44.0 Å². The third kappa shape index (κ3) is 4.76. The molecule has 130 valence electrons. The molecule has 4 nitrogen and oxygen atoms in total. The van der Waals surface area contributed by atoms with E-state index in [0.717, 1.165) is 30.3 Å². The maximum atomic E-state index is 12.0. The molecule has 0 radical (unpaired) electrons. The molecule has 0 aliphatic carbocycles. The number of piperidine rings is 1. The topological polar surface area (TPSA) is 50.4 Å². The van der Waals surface area contributed by atoms with Crippen LogP contribution >= 0.6 is 24.0 Å². The molecular formula is C18H22Cl2N2O2. The van der Waals surface area contributed by atoms with Crippen molar-refractivity contribution in [3.05, 3.63) is 41.4 Å². The molecule has 6 heteroatoms. The molecule has 0 spiro atoms. The van der Waals surface area contributed by atoms with Crippen molar-refractivity contribution < 1.29 is 9.53 Å². The molecule has 24 heavy (non-hydrogen) atoms. The zero-order valence-electron chi connectivity index (χ0n) is 13.4. The van der Waals surface area contributed by atoms with Crippen LogP contribution in [0.3, 0.4) is 0 Å². The quantitative estimate of drug-likeness (QED) is 0.849. The van der Waals surface area contributed by atoms with Gasteiger partial charge in [-0.2, -0.15) is 0 Å². The van der Waals surface area contributed by atoms with Crippen LogP contribution in [0.5, 0.6) is 5.75 Å². The van der Waals surface area contributed by atoms with Gasteiger partial charge in [0.15, 0.2) is 6.61 Å². The van der Waals surface area contributed by atoms with Gasteiger partial charge in [0.2, 0.25) is 0 Å². The minimum atomic E-state index is -0.0883. The van der Waals surface area contributed by atoms with Gasteiger partial charge in [-0.15, -0.1) is 12.4 Å². The van der Waals surface area contributed by atoms with Gasteiger partial charge in [-0.25, -0.2) is 0 Å². The summed E-state index contributed by atoms with van der Waals surface area (Å²) in [4.78, 5) is 12.0. The van der Waals surface area contributed by atoms with Gasteiger partial charge in [0.05, 0.1) is 0 Å². The standard InChI is InChI=1S/C18H21ClN2O2.ClH/c19-16-7-8-17(15-6-2-1-5-14(15)16)23-12-18(22)21-11-13-4-3-9-20-10-13;/h1-2,5-8,13,20H,3-4,9-12H2,(H,21,22);1H. The molecule has 1 atom stereocenters. The second-order valence-electron chi connectivity index (χ2n) is 5.90. The summed E-state index contributed by atoms with van der Waals surface area (Å²) in [5.74, 6) is 1.11. The van der Waals surface area contributed by atoms with E-state index >= 15 is 0 Å². The van der Waals surface area contributed by atoms with Gasteiger partial charge in [-0.3, -0.25) is 4.79 Å². The number of rotatable bonds is 5. The molecule has 2 aromatic rings. The summed E-state index contributed by atoms with van der Waals surface area (Å²) in [6, 6.07) is 11.4. The first-order chi connectivity index (χ1) is 11.2. The molecule has 3 rings (SSSR count). The Morgan fingerprint density at radius 1 is 1.25 bits per heavy atom. The van der Waals surface area contributed by atoms with E-state index in [9.17, 15) is 4.79 Å². The lowest BCUT2D eigenvalue weighted by molar-refractivity contribution is -0.123. The zero-order chi connectivity index (χ0) is 16.1. The number of fused-ring (bicyclic) bond motifs is 1. The predicted octanol–water partition coefficient (Wildman–Crippen LogP) is 3.41. The van der Waals surface area contributed by atoms with Crippen LogP contribution in [-0.2, 0) is 4.79 Å². The highest BCUT2D eigenvalue weighted by molar-refractivity contribution is 6.35. The van der Waals surface area contributed by atoms with Crippen molar-refractivity contribution in [3.8, 4) is 5.75 Å². The van der Waals surface area contributed by atoms with Crippen LogP contribution in [-0.4, -0.2) is 32.1 Å². The summed E-state index contributed by atoms with van der Waals surface area (Å²) in [6.45, 7) is 2.78.